The summed E-state index contributed by atoms with van der Waals surface area (Å²) in [5.74, 6) is -0.878. The third kappa shape index (κ3) is 4.81. The number of fused-ring (bicyclic) bond motifs is 1. The number of rotatable bonds is 6. The third-order valence-corrected chi connectivity index (χ3v) is 9.12. The van der Waals surface area contributed by atoms with Gasteiger partial charge in [-0.3, -0.25) is 4.79 Å². The van der Waals surface area contributed by atoms with Crippen LogP contribution < -0.4 is 5.30 Å². The molecule has 1 saturated carbocycles. The van der Waals surface area contributed by atoms with E-state index in [-0.39, 0.29) is 17.8 Å². The zero-order valence-corrected chi connectivity index (χ0v) is 22.2. The standard InChI is InChI=1S/C29H29F2N2OPS/c1-2-18-13-14-19(22-10-7-15-32-28(22)31)16-20(18)17-33(21-8-4-3-5-9-21)29(34)27-26(35)25-23(30)11-6-12-24(25)36-27/h6-7,10-16,21H,2-5,8-9,17,35H2,1H3. The molecule has 0 bridgehead atoms. The van der Waals surface area contributed by atoms with Gasteiger partial charge in [0.1, 0.15) is 10.7 Å². The van der Waals surface area contributed by atoms with Crippen molar-refractivity contribution in [1.29, 1.82) is 0 Å². The van der Waals surface area contributed by atoms with E-state index in [1.54, 1.807) is 18.2 Å². The van der Waals surface area contributed by atoms with E-state index in [9.17, 15) is 13.6 Å². The van der Waals surface area contributed by atoms with E-state index < -0.39 is 5.95 Å². The van der Waals surface area contributed by atoms with Gasteiger partial charge in [-0.25, -0.2) is 9.37 Å². The second kappa shape index (κ2) is 10.7. The number of carbonyl (C=O) groups is 1. The van der Waals surface area contributed by atoms with Gasteiger partial charge >= 0.3 is 0 Å². The SMILES string of the molecule is CCc1ccc(-c2cccnc2F)cc1CN(C(=O)c1sc2cccc(F)c2c1P)C1CCCCC1. The Morgan fingerprint density at radius 3 is 2.61 bits per heavy atom. The van der Waals surface area contributed by atoms with Crippen LogP contribution >= 0.6 is 20.6 Å². The van der Waals surface area contributed by atoms with Gasteiger partial charge in [0.05, 0.1) is 0 Å². The van der Waals surface area contributed by atoms with Crippen molar-refractivity contribution in [1.82, 2.24) is 9.88 Å². The van der Waals surface area contributed by atoms with Crippen molar-refractivity contribution in [2.45, 2.75) is 58.0 Å². The van der Waals surface area contributed by atoms with Gasteiger partial charge in [-0.15, -0.1) is 20.6 Å². The highest BCUT2D eigenvalue weighted by molar-refractivity contribution is 7.34. The van der Waals surface area contributed by atoms with Crippen LogP contribution in [-0.2, 0) is 13.0 Å². The van der Waals surface area contributed by atoms with Gasteiger partial charge in [-0.05, 0) is 66.3 Å². The summed E-state index contributed by atoms with van der Waals surface area (Å²) in [6, 6.07) is 14.5. The number of carbonyl (C=O) groups excluding carboxylic acids is 1. The Balaban J connectivity index is 1.56. The van der Waals surface area contributed by atoms with Crippen LogP contribution in [0.2, 0.25) is 0 Å². The van der Waals surface area contributed by atoms with Crippen LogP contribution in [0.1, 0.15) is 59.8 Å². The van der Waals surface area contributed by atoms with Crippen molar-refractivity contribution >= 4 is 41.9 Å². The molecule has 0 radical (unpaired) electrons. The van der Waals surface area contributed by atoms with Gasteiger partial charge in [0.2, 0.25) is 5.95 Å². The number of amides is 1. The fourth-order valence-corrected chi connectivity index (χ4v) is 7.04. The lowest BCUT2D eigenvalue weighted by molar-refractivity contribution is 0.0620. The second-order valence-electron chi connectivity index (χ2n) is 9.36. The van der Waals surface area contributed by atoms with Crippen LogP contribution in [0.4, 0.5) is 8.78 Å². The maximum Gasteiger partial charge on any atom is 0.265 e. The summed E-state index contributed by atoms with van der Waals surface area (Å²) < 4.78 is 29.8. The molecular formula is C29H29F2N2OPS. The maximum absolute atomic E-state index is 14.6. The van der Waals surface area contributed by atoms with Gasteiger partial charge in [-0.1, -0.05) is 44.4 Å². The molecule has 0 saturated heterocycles. The van der Waals surface area contributed by atoms with E-state index in [2.05, 4.69) is 21.1 Å². The smallest absolute Gasteiger partial charge is 0.265 e. The van der Waals surface area contributed by atoms with Crippen molar-refractivity contribution in [2.75, 3.05) is 0 Å². The summed E-state index contributed by atoms with van der Waals surface area (Å²) >= 11 is 1.35. The topological polar surface area (TPSA) is 33.2 Å². The van der Waals surface area contributed by atoms with Crippen molar-refractivity contribution in [3.63, 3.8) is 0 Å². The van der Waals surface area contributed by atoms with Crippen LogP contribution in [0.15, 0.2) is 54.7 Å². The summed E-state index contributed by atoms with van der Waals surface area (Å²) in [7, 11) is 2.60. The summed E-state index contributed by atoms with van der Waals surface area (Å²) in [6.07, 6.45) is 7.51. The van der Waals surface area contributed by atoms with E-state index in [4.69, 9.17) is 0 Å². The van der Waals surface area contributed by atoms with E-state index in [1.165, 1.54) is 30.0 Å². The first-order valence-electron chi connectivity index (χ1n) is 12.5. The molecule has 5 rings (SSSR count). The van der Waals surface area contributed by atoms with Crippen LogP contribution in [-0.4, -0.2) is 21.8 Å². The van der Waals surface area contributed by atoms with Crippen molar-refractivity contribution in [3.05, 3.63) is 82.5 Å². The molecule has 1 aliphatic carbocycles. The Labute approximate surface area is 216 Å². The van der Waals surface area contributed by atoms with Crippen LogP contribution in [0, 0.1) is 11.8 Å². The molecular weight excluding hydrogens is 493 g/mol. The highest BCUT2D eigenvalue weighted by atomic mass is 32.1. The molecule has 4 aromatic rings. The first kappa shape index (κ1) is 25.0. The first-order valence-corrected chi connectivity index (χ1v) is 13.9. The van der Waals surface area contributed by atoms with Crippen LogP contribution in [0.5, 0.6) is 0 Å². The molecule has 1 unspecified atom stereocenters. The Bertz CT molecular complexity index is 1410. The molecule has 0 aliphatic heterocycles. The fraction of sp³-hybridized carbons (Fsp3) is 0.310. The molecule has 2 heterocycles. The molecule has 1 fully saturated rings. The molecule has 36 heavy (non-hydrogen) atoms. The molecule has 0 N–H and O–H groups in total. The Hall–Kier alpha value is -2.69. The average Bonchev–Trinajstić information content (AvgIpc) is 3.25. The largest absolute Gasteiger partial charge is 0.331 e. The Morgan fingerprint density at radius 2 is 1.89 bits per heavy atom. The lowest BCUT2D eigenvalue weighted by atomic mass is 9.92. The number of hydrogen-bond donors (Lipinski definition) is 0. The maximum atomic E-state index is 14.6. The van der Waals surface area contributed by atoms with Gasteiger partial charge < -0.3 is 4.90 Å². The monoisotopic (exact) mass is 522 g/mol. The molecule has 0 spiro atoms. The molecule has 7 heteroatoms. The minimum Gasteiger partial charge on any atom is -0.331 e. The number of hydrogen-bond acceptors (Lipinski definition) is 3. The number of pyridine rings is 1. The number of thiophene rings is 1. The molecule has 186 valence electrons. The predicted molar refractivity (Wildman–Crippen MR) is 147 cm³/mol. The number of benzene rings is 2. The van der Waals surface area contributed by atoms with Crippen LogP contribution in [0.3, 0.4) is 0 Å². The van der Waals surface area contributed by atoms with Gasteiger partial charge in [0, 0.05) is 39.7 Å². The normalized spacial score (nSPS) is 14.3. The zero-order valence-electron chi connectivity index (χ0n) is 20.3. The quantitative estimate of drug-likeness (QED) is 0.197. The van der Waals surface area contributed by atoms with E-state index in [1.807, 2.05) is 29.2 Å². The fourth-order valence-electron chi connectivity index (χ4n) is 5.25. The Kier molecular flexibility index (Phi) is 7.45. The number of aromatic nitrogens is 1. The van der Waals surface area contributed by atoms with E-state index >= 15 is 0 Å². The average molecular weight is 523 g/mol. The lowest BCUT2D eigenvalue weighted by Gasteiger charge is -2.35. The van der Waals surface area contributed by atoms with Crippen molar-refractivity contribution in [3.8, 4) is 11.1 Å². The summed E-state index contributed by atoms with van der Waals surface area (Å²) in [5.41, 5.74) is 3.34. The number of halogens is 2. The highest BCUT2D eigenvalue weighted by Crippen LogP contribution is 2.33. The minimum absolute atomic E-state index is 0.0625. The minimum atomic E-state index is -0.507. The summed E-state index contributed by atoms with van der Waals surface area (Å²) in [5, 5.41) is 1.13. The van der Waals surface area contributed by atoms with E-state index in [0.717, 1.165) is 53.5 Å². The van der Waals surface area contributed by atoms with Gasteiger partial charge in [0.15, 0.2) is 0 Å². The van der Waals surface area contributed by atoms with Crippen molar-refractivity contribution in [2.24, 2.45) is 0 Å². The molecule has 1 atom stereocenters. The van der Waals surface area contributed by atoms with Crippen LogP contribution in [0.25, 0.3) is 21.2 Å². The second-order valence-corrected chi connectivity index (χ2v) is 11.0. The highest BCUT2D eigenvalue weighted by Gasteiger charge is 2.30. The Morgan fingerprint density at radius 1 is 1.08 bits per heavy atom. The molecule has 2 aromatic carbocycles. The summed E-state index contributed by atoms with van der Waals surface area (Å²) in [4.78, 5) is 20.4. The van der Waals surface area contributed by atoms with Gasteiger partial charge in [-0.2, -0.15) is 4.39 Å². The zero-order chi connectivity index (χ0) is 25.2. The number of aryl methyl sites for hydroxylation is 1. The number of nitrogens with zero attached hydrogens (tertiary/aromatic N) is 2. The molecule has 3 nitrogen and oxygen atoms in total. The third-order valence-electron chi connectivity index (χ3n) is 7.17. The van der Waals surface area contributed by atoms with Crippen molar-refractivity contribution < 1.29 is 13.6 Å². The van der Waals surface area contributed by atoms with Gasteiger partial charge in [0.25, 0.3) is 5.91 Å². The lowest BCUT2D eigenvalue weighted by Crippen LogP contribution is -2.41. The molecule has 2 aromatic heterocycles. The van der Waals surface area contributed by atoms with E-state index in [0.29, 0.717) is 27.7 Å². The molecule has 1 aliphatic rings. The molecule has 1 amide bonds. The predicted octanol–water partition coefficient (Wildman–Crippen LogP) is 7.28. The first-order chi connectivity index (χ1) is 17.5. The summed E-state index contributed by atoms with van der Waals surface area (Å²) in [6.45, 7) is 2.52.